The minimum absolute atomic E-state index is 0.370. The van der Waals surface area contributed by atoms with Crippen molar-refractivity contribution < 1.29 is 13.2 Å². The van der Waals surface area contributed by atoms with Gasteiger partial charge in [-0.2, -0.15) is 13.2 Å². The van der Waals surface area contributed by atoms with E-state index in [4.69, 9.17) is 5.73 Å². The van der Waals surface area contributed by atoms with Crippen LogP contribution in [0.4, 0.5) is 24.7 Å². The van der Waals surface area contributed by atoms with Gasteiger partial charge >= 0.3 is 6.18 Å². The molecule has 7 heteroatoms. The molecule has 1 aromatic heterocycles. The predicted molar refractivity (Wildman–Crippen MR) is 68.1 cm³/mol. The number of nitrogen functional groups attached to an aromatic ring is 1. The van der Waals surface area contributed by atoms with Crippen LogP contribution in [0.2, 0.25) is 0 Å². The Morgan fingerprint density at radius 2 is 1.84 bits per heavy atom. The normalized spacial score (nSPS) is 17.8. The summed E-state index contributed by atoms with van der Waals surface area (Å²) < 4.78 is 36.9. The molecule has 1 fully saturated rings. The third kappa shape index (κ3) is 3.73. The summed E-state index contributed by atoms with van der Waals surface area (Å²) in [6.07, 6.45) is -4.14. The summed E-state index contributed by atoms with van der Waals surface area (Å²) in [6, 6.07) is 3.60. The molecule has 1 aliphatic rings. The van der Waals surface area contributed by atoms with Gasteiger partial charge in [0.05, 0.1) is 12.2 Å². The van der Waals surface area contributed by atoms with Crippen LogP contribution < -0.4 is 10.6 Å². The lowest BCUT2D eigenvalue weighted by molar-refractivity contribution is -0.146. The van der Waals surface area contributed by atoms with Crippen molar-refractivity contribution >= 4 is 11.5 Å². The van der Waals surface area contributed by atoms with Crippen LogP contribution in [-0.4, -0.2) is 48.8 Å². The highest BCUT2D eigenvalue weighted by molar-refractivity contribution is 5.63. The zero-order valence-electron chi connectivity index (χ0n) is 10.7. The zero-order chi connectivity index (χ0) is 14.0. The highest BCUT2D eigenvalue weighted by Crippen LogP contribution is 2.23. The minimum atomic E-state index is -4.14. The number of hydrogen-bond acceptors (Lipinski definition) is 4. The van der Waals surface area contributed by atoms with Gasteiger partial charge < -0.3 is 10.6 Å². The monoisotopic (exact) mass is 274 g/mol. The molecular formula is C12H17F3N4. The number of anilines is 2. The lowest BCUT2D eigenvalue weighted by Crippen LogP contribution is -2.49. The van der Waals surface area contributed by atoms with E-state index >= 15 is 0 Å². The number of aryl methyl sites for hydroxylation is 1. The molecular weight excluding hydrogens is 257 g/mol. The van der Waals surface area contributed by atoms with Crippen molar-refractivity contribution in [1.82, 2.24) is 9.88 Å². The van der Waals surface area contributed by atoms with E-state index in [1.54, 1.807) is 6.07 Å². The first kappa shape index (κ1) is 13.9. The Balaban J connectivity index is 1.98. The summed E-state index contributed by atoms with van der Waals surface area (Å²) in [5, 5.41) is 0. The average Bonchev–Trinajstić information content (AvgIpc) is 2.31. The molecule has 106 valence electrons. The van der Waals surface area contributed by atoms with Crippen LogP contribution in [0.3, 0.4) is 0 Å². The fraction of sp³-hybridized carbons (Fsp3) is 0.583. The number of nitrogens with two attached hydrogens (primary N) is 1. The fourth-order valence-electron chi connectivity index (χ4n) is 2.18. The van der Waals surface area contributed by atoms with Crippen molar-refractivity contribution in [3.63, 3.8) is 0 Å². The van der Waals surface area contributed by atoms with Gasteiger partial charge in [0, 0.05) is 31.9 Å². The molecule has 0 unspecified atom stereocenters. The molecule has 2 N–H and O–H groups in total. The Labute approximate surface area is 110 Å². The highest BCUT2D eigenvalue weighted by atomic mass is 19.4. The lowest BCUT2D eigenvalue weighted by atomic mass is 10.2. The fourth-order valence-corrected chi connectivity index (χ4v) is 2.18. The van der Waals surface area contributed by atoms with Gasteiger partial charge in [-0.1, -0.05) is 0 Å². The van der Waals surface area contributed by atoms with Crippen LogP contribution in [0.1, 0.15) is 5.69 Å². The Morgan fingerprint density at radius 1 is 1.21 bits per heavy atom. The molecule has 19 heavy (non-hydrogen) atoms. The Hall–Kier alpha value is -1.50. The van der Waals surface area contributed by atoms with Crippen LogP contribution in [0.25, 0.3) is 0 Å². The standard InChI is InChI=1S/C12H17F3N4/c1-9-2-3-10(16)11(17-9)19-6-4-18(5-7-19)8-12(13,14)15/h2-3H,4-8,16H2,1H3. The third-order valence-corrected chi connectivity index (χ3v) is 3.12. The van der Waals surface area contributed by atoms with E-state index in [1.807, 2.05) is 17.9 Å². The molecule has 0 aliphatic carbocycles. The van der Waals surface area contributed by atoms with E-state index in [9.17, 15) is 13.2 Å². The summed E-state index contributed by atoms with van der Waals surface area (Å²) in [6.45, 7) is 2.77. The van der Waals surface area contributed by atoms with Crippen LogP contribution in [0, 0.1) is 6.92 Å². The first-order valence-electron chi connectivity index (χ1n) is 6.12. The van der Waals surface area contributed by atoms with Gasteiger partial charge in [-0.05, 0) is 19.1 Å². The largest absolute Gasteiger partial charge is 0.401 e. The van der Waals surface area contributed by atoms with Gasteiger partial charge in [-0.3, -0.25) is 4.90 Å². The molecule has 1 aliphatic heterocycles. The smallest absolute Gasteiger partial charge is 0.396 e. The SMILES string of the molecule is Cc1ccc(N)c(N2CCN(CC(F)(F)F)CC2)n1. The second-order valence-corrected chi connectivity index (χ2v) is 4.74. The van der Waals surface area contributed by atoms with E-state index in [1.165, 1.54) is 4.90 Å². The molecule has 0 bridgehead atoms. The summed E-state index contributed by atoms with van der Waals surface area (Å²) in [7, 11) is 0. The van der Waals surface area contributed by atoms with E-state index in [0.29, 0.717) is 37.7 Å². The molecule has 0 atom stereocenters. The number of nitrogens with zero attached hydrogens (tertiary/aromatic N) is 3. The van der Waals surface area contributed by atoms with E-state index in [0.717, 1.165) is 5.69 Å². The minimum Gasteiger partial charge on any atom is -0.396 e. The lowest BCUT2D eigenvalue weighted by Gasteiger charge is -2.36. The Kier molecular flexibility index (Phi) is 3.84. The number of pyridine rings is 1. The van der Waals surface area contributed by atoms with Crippen LogP contribution >= 0.6 is 0 Å². The quantitative estimate of drug-likeness (QED) is 0.891. The van der Waals surface area contributed by atoms with Crippen molar-refractivity contribution in [2.45, 2.75) is 13.1 Å². The van der Waals surface area contributed by atoms with E-state index < -0.39 is 12.7 Å². The number of piperazine rings is 1. The van der Waals surface area contributed by atoms with Crippen molar-refractivity contribution in [3.05, 3.63) is 17.8 Å². The number of alkyl halides is 3. The maximum atomic E-state index is 12.3. The molecule has 2 rings (SSSR count). The molecule has 1 aromatic rings. The average molecular weight is 274 g/mol. The molecule has 0 radical (unpaired) electrons. The van der Waals surface area contributed by atoms with E-state index in [2.05, 4.69) is 4.98 Å². The van der Waals surface area contributed by atoms with Gasteiger partial charge in [-0.15, -0.1) is 0 Å². The predicted octanol–water partition coefficient (Wildman–Crippen LogP) is 1.66. The zero-order valence-corrected chi connectivity index (χ0v) is 10.7. The van der Waals surface area contributed by atoms with Crippen molar-refractivity contribution in [1.29, 1.82) is 0 Å². The Bertz CT molecular complexity index is 439. The van der Waals surface area contributed by atoms with Gasteiger partial charge in [0.15, 0.2) is 5.82 Å². The molecule has 0 amide bonds. The number of rotatable bonds is 2. The van der Waals surface area contributed by atoms with Gasteiger partial charge in [0.25, 0.3) is 0 Å². The first-order chi connectivity index (χ1) is 8.85. The Morgan fingerprint density at radius 3 is 2.42 bits per heavy atom. The van der Waals surface area contributed by atoms with Gasteiger partial charge in [0.2, 0.25) is 0 Å². The molecule has 0 aromatic carbocycles. The van der Waals surface area contributed by atoms with Crippen molar-refractivity contribution in [3.8, 4) is 0 Å². The molecule has 4 nitrogen and oxygen atoms in total. The van der Waals surface area contributed by atoms with Crippen LogP contribution in [-0.2, 0) is 0 Å². The summed E-state index contributed by atoms with van der Waals surface area (Å²) in [5.41, 5.74) is 7.27. The topological polar surface area (TPSA) is 45.4 Å². The highest BCUT2D eigenvalue weighted by Gasteiger charge is 2.32. The summed E-state index contributed by atoms with van der Waals surface area (Å²) >= 11 is 0. The molecule has 0 saturated carbocycles. The van der Waals surface area contributed by atoms with Gasteiger partial charge in [-0.25, -0.2) is 4.98 Å². The molecule has 0 spiro atoms. The summed E-state index contributed by atoms with van der Waals surface area (Å²) in [5.74, 6) is 0.673. The second-order valence-electron chi connectivity index (χ2n) is 4.74. The molecule has 2 heterocycles. The first-order valence-corrected chi connectivity index (χ1v) is 6.12. The van der Waals surface area contributed by atoms with E-state index in [-0.39, 0.29) is 0 Å². The van der Waals surface area contributed by atoms with Crippen molar-refractivity contribution in [2.24, 2.45) is 0 Å². The third-order valence-electron chi connectivity index (χ3n) is 3.12. The maximum absolute atomic E-state index is 12.3. The van der Waals surface area contributed by atoms with Crippen molar-refractivity contribution in [2.75, 3.05) is 43.4 Å². The second kappa shape index (κ2) is 5.24. The number of halogens is 3. The van der Waals surface area contributed by atoms with Gasteiger partial charge in [0.1, 0.15) is 0 Å². The number of hydrogen-bond donors (Lipinski definition) is 1. The van der Waals surface area contributed by atoms with Crippen LogP contribution in [0.15, 0.2) is 12.1 Å². The number of aromatic nitrogens is 1. The molecule has 1 saturated heterocycles. The maximum Gasteiger partial charge on any atom is 0.401 e. The van der Waals surface area contributed by atoms with Crippen LogP contribution in [0.5, 0.6) is 0 Å². The summed E-state index contributed by atoms with van der Waals surface area (Å²) in [4.78, 5) is 7.70.